The minimum absolute atomic E-state index is 0.0886. The summed E-state index contributed by atoms with van der Waals surface area (Å²) in [6.45, 7) is 6.97. The molecule has 25 heavy (non-hydrogen) atoms. The number of rotatable bonds is 4. The standard InChI is InChI=1S/C23H30N2/c1-23(2)24(17-19-11-5-3-6-12-19)21-15-9-10-16-22(21)25(23)18-20-13-7-4-8-14-20/h3-8,11-14,21-22H,9-10,15-18H2,1-2H3/t21-,22-/m1/s1. The van der Waals surface area contributed by atoms with Crippen LogP contribution in [0, 0.1) is 0 Å². The number of fused-ring (bicyclic) bond motifs is 1. The van der Waals surface area contributed by atoms with Gasteiger partial charge in [0.2, 0.25) is 0 Å². The third kappa shape index (κ3) is 3.26. The minimum Gasteiger partial charge on any atom is -0.277 e. The van der Waals surface area contributed by atoms with Gasteiger partial charge in [0.05, 0.1) is 5.66 Å². The molecular weight excluding hydrogens is 304 g/mol. The van der Waals surface area contributed by atoms with Gasteiger partial charge in [0.15, 0.2) is 0 Å². The molecule has 1 aliphatic carbocycles. The molecule has 0 aromatic heterocycles. The summed E-state index contributed by atoms with van der Waals surface area (Å²) in [5, 5.41) is 0. The lowest BCUT2D eigenvalue weighted by molar-refractivity contribution is 0.0191. The molecule has 2 atom stereocenters. The summed E-state index contributed by atoms with van der Waals surface area (Å²) < 4.78 is 0. The second kappa shape index (κ2) is 6.93. The molecule has 4 rings (SSSR count). The predicted molar refractivity (Wildman–Crippen MR) is 104 cm³/mol. The number of hydrogen-bond acceptors (Lipinski definition) is 2. The molecule has 2 aromatic carbocycles. The van der Waals surface area contributed by atoms with Gasteiger partial charge >= 0.3 is 0 Å². The molecular formula is C23H30N2. The quantitative estimate of drug-likeness (QED) is 0.772. The normalized spacial score (nSPS) is 26.5. The highest BCUT2D eigenvalue weighted by Crippen LogP contribution is 2.43. The molecule has 2 aliphatic rings. The van der Waals surface area contributed by atoms with Crippen LogP contribution in [0.3, 0.4) is 0 Å². The monoisotopic (exact) mass is 334 g/mol. The van der Waals surface area contributed by atoms with E-state index in [-0.39, 0.29) is 5.66 Å². The molecule has 2 heteroatoms. The Balaban J connectivity index is 1.62. The summed E-state index contributed by atoms with van der Waals surface area (Å²) in [6, 6.07) is 23.4. The topological polar surface area (TPSA) is 6.48 Å². The SMILES string of the molecule is CC1(C)N(Cc2ccccc2)[C@@H]2CCCC[C@H]2N1Cc1ccccc1. The largest absolute Gasteiger partial charge is 0.277 e. The van der Waals surface area contributed by atoms with Crippen molar-refractivity contribution in [3.8, 4) is 0 Å². The van der Waals surface area contributed by atoms with Crippen molar-refractivity contribution in [3.63, 3.8) is 0 Å². The van der Waals surface area contributed by atoms with E-state index < -0.39 is 0 Å². The lowest BCUT2D eigenvalue weighted by Gasteiger charge is -2.40. The molecule has 0 spiro atoms. The fourth-order valence-electron chi connectivity index (χ4n) is 4.98. The van der Waals surface area contributed by atoms with E-state index in [0.29, 0.717) is 12.1 Å². The zero-order valence-electron chi connectivity index (χ0n) is 15.6. The van der Waals surface area contributed by atoms with Gasteiger partial charge < -0.3 is 0 Å². The Labute approximate surface area is 152 Å². The zero-order chi connectivity index (χ0) is 17.3. The highest BCUT2D eigenvalue weighted by molar-refractivity contribution is 5.19. The van der Waals surface area contributed by atoms with Gasteiger partial charge in [0.1, 0.15) is 0 Å². The van der Waals surface area contributed by atoms with Crippen molar-refractivity contribution in [1.29, 1.82) is 0 Å². The van der Waals surface area contributed by atoms with E-state index in [0.717, 1.165) is 13.1 Å². The highest BCUT2D eigenvalue weighted by Gasteiger charge is 2.51. The lowest BCUT2D eigenvalue weighted by atomic mass is 9.90. The van der Waals surface area contributed by atoms with E-state index >= 15 is 0 Å². The Hall–Kier alpha value is -1.64. The fraction of sp³-hybridized carbons (Fsp3) is 0.478. The molecule has 1 saturated carbocycles. The average molecular weight is 335 g/mol. The second-order valence-corrected chi connectivity index (χ2v) is 8.14. The van der Waals surface area contributed by atoms with E-state index in [1.807, 2.05) is 0 Å². The van der Waals surface area contributed by atoms with E-state index in [2.05, 4.69) is 84.3 Å². The Morgan fingerprint density at radius 1 is 0.720 bits per heavy atom. The summed E-state index contributed by atoms with van der Waals surface area (Å²) in [7, 11) is 0. The van der Waals surface area contributed by atoms with Crippen molar-refractivity contribution in [2.75, 3.05) is 0 Å². The van der Waals surface area contributed by atoms with Crippen LogP contribution in [0.2, 0.25) is 0 Å². The molecule has 0 radical (unpaired) electrons. The third-order valence-corrected chi connectivity index (χ3v) is 6.29. The van der Waals surface area contributed by atoms with Gasteiger partial charge in [0, 0.05) is 25.2 Å². The minimum atomic E-state index is 0.0886. The Morgan fingerprint density at radius 2 is 1.12 bits per heavy atom. The second-order valence-electron chi connectivity index (χ2n) is 8.14. The predicted octanol–water partition coefficient (Wildman–Crippen LogP) is 5.05. The van der Waals surface area contributed by atoms with Gasteiger partial charge in [-0.2, -0.15) is 0 Å². The molecule has 1 saturated heterocycles. The molecule has 2 fully saturated rings. The summed E-state index contributed by atoms with van der Waals surface area (Å²) in [6.07, 6.45) is 5.43. The first-order chi connectivity index (χ1) is 12.2. The molecule has 0 bridgehead atoms. The molecule has 0 amide bonds. The van der Waals surface area contributed by atoms with Gasteiger partial charge in [-0.05, 0) is 37.8 Å². The van der Waals surface area contributed by atoms with E-state index in [1.165, 1.54) is 36.8 Å². The first kappa shape index (κ1) is 16.8. The van der Waals surface area contributed by atoms with E-state index in [9.17, 15) is 0 Å². The van der Waals surface area contributed by atoms with Crippen molar-refractivity contribution in [3.05, 3.63) is 71.8 Å². The molecule has 132 valence electrons. The van der Waals surface area contributed by atoms with Crippen molar-refractivity contribution in [2.24, 2.45) is 0 Å². The van der Waals surface area contributed by atoms with Crippen LogP contribution in [0.25, 0.3) is 0 Å². The van der Waals surface area contributed by atoms with E-state index in [4.69, 9.17) is 0 Å². The van der Waals surface area contributed by atoms with Gasteiger partial charge in [-0.15, -0.1) is 0 Å². The Kier molecular flexibility index (Phi) is 4.66. The van der Waals surface area contributed by atoms with Crippen LogP contribution in [0.4, 0.5) is 0 Å². The summed E-state index contributed by atoms with van der Waals surface area (Å²) in [5.41, 5.74) is 2.95. The summed E-state index contributed by atoms with van der Waals surface area (Å²) in [4.78, 5) is 5.55. The van der Waals surface area contributed by atoms with Crippen LogP contribution in [0.5, 0.6) is 0 Å². The third-order valence-electron chi connectivity index (χ3n) is 6.29. The van der Waals surface area contributed by atoms with Gasteiger partial charge in [-0.1, -0.05) is 73.5 Å². The summed E-state index contributed by atoms with van der Waals surface area (Å²) in [5.74, 6) is 0. The number of hydrogen-bond donors (Lipinski definition) is 0. The highest BCUT2D eigenvalue weighted by atomic mass is 15.5. The molecule has 2 nitrogen and oxygen atoms in total. The first-order valence-corrected chi connectivity index (χ1v) is 9.77. The van der Waals surface area contributed by atoms with Crippen LogP contribution < -0.4 is 0 Å². The molecule has 0 N–H and O–H groups in total. The van der Waals surface area contributed by atoms with Crippen molar-refractivity contribution >= 4 is 0 Å². The smallest absolute Gasteiger partial charge is 0.0691 e. The van der Waals surface area contributed by atoms with Crippen LogP contribution in [0.15, 0.2) is 60.7 Å². The fourth-order valence-corrected chi connectivity index (χ4v) is 4.98. The maximum Gasteiger partial charge on any atom is 0.0691 e. The first-order valence-electron chi connectivity index (χ1n) is 9.77. The Morgan fingerprint density at radius 3 is 1.52 bits per heavy atom. The molecule has 2 aromatic rings. The maximum atomic E-state index is 2.77. The number of nitrogens with zero attached hydrogens (tertiary/aromatic N) is 2. The van der Waals surface area contributed by atoms with Gasteiger partial charge in [-0.3, -0.25) is 9.80 Å². The molecule has 1 heterocycles. The van der Waals surface area contributed by atoms with Gasteiger partial charge in [-0.25, -0.2) is 0 Å². The van der Waals surface area contributed by atoms with Crippen molar-refractivity contribution < 1.29 is 0 Å². The van der Waals surface area contributed by atoms with Crippen molar-refractivity contribution in [2.45, 2.75) is 70.4 Å². The van der Waals surface area contributed by atoms with Crippen LogP contribution in [-0.4, -0.2) is 27.5 Å². The lowest BCUT2D eigenvalue weighted by Crippen LogP contribution is -2.49. The average Bonchev–Trinajstić information content (AvgIpc) is 2.85. The molecule has 1 aliphatic heterocycles. The Bertz CT molecular complexity index is 620. The molecule has 0 unspecified atom stereocenters. The van der Waals surface area contributed by atoms with Gasteiger partial charge in [0.25, 0.3) is 0 Å². The maximum absolute atomic E-state index is 2.77. The van der Waals surface area contributed by atoms with Crippen LogP contribution in [0.1, 0.15) is 50.7 Å². The van der Waals surface area contributed by atoms with Crippen molar-refractivity contribution in [1.82, 2.24) is 9.80 Å². The van der Waals surface area contributed by atoms with Crippen LogP contribution in [-0.2, 0) is 13.1 Å². The number of benzene rings is 2. The van der Waals surface area contributed by atoms with E-state index in [1.54, 1.807) is 0 Å². The zero-order valence-corrected chi connectivity index (χ0v) is 15.6. The van der Waals surface area contributed by atoms with Crippen LogP contribution >= 0.6 is 0 Å². The summed E-state index contributed by atoms with van der Waals surface area (Å²) >= 11 is 0.